The van der Waals surface area contributed by atoms with Gasteiger partial charge in [0.2, 0.25) is 0 Å². The van der Waals surface area contributed by atoms with Crippen molar-refractivity contribution in [3.8, 4) is 0 Å². The highest BCUT2D eigenvalue weighted by molar-refractivity contribution is 9.11. The molecule has 1 unspecified atom stereocenters. The maximum Gasteiger partial charge on any atom is 0.129 e. The molecule has 0 radical (unpaired) electrons. The van der Waals surface area contributed by atoms with Crippen molar-refractivity contribution in [1.29, 1.82) is 0 Å². The van der Waals surface area contributed by atoms with Gasteiger partial charge in [0.1, 0.15) is 5.82 Å². The molecular formula is C11H6BrCl2FS. The lowest BCUT2D eigenvalue weighted by Gasteiger charge is -2.08. The molecule has 84 valence electrons. The maximum absolute atomic E-state index is 13.6. The number of hydrogen-bond donors (Lipinski definition) is 0. The molecule has 0 aliphatic rings. The molecule has 1 atom stereocenters. The molecule has 0 aliphatic heterocycles. The molecule has 0 nitrogen and oxygen atoms in total. The summed E-state index contributed by atoms with van der Waals surface area (Å²) >= 11 is 16.7. The van der Waals surface area contributed by atoms with Gasteiger partial charge in [0.05, 0.1) is 9.16 Å². The van der Waals surface area contributed by atoms with E-state index in [9.17, 15) is 4.39 Å². The van der Waals surface area contributed by atoms with Crippen LogP contribution in [0.2, 0.25) is 5.02 Å². The van der Waals surface area contributed by atoms with Crippen LogP contribution in [0.1, 0.15) is 15.8 Å². The van der Waals surface area contributed by atoms with Gasteiger partial charge >= 0.3 is 0 Å². The molecule has 16 heavy (non-hydrogen) atoms. The Bertz CT molecular complexity index is 512. The quantitative estimate of drug-likeness (QED) is 0.622. The highest BCUT2D eigenvalue weighted by Crippen LogP contribution is 2.37. The molecule has 0 bridgehead atoms. The first kappa shape index (κ1) is 12.4. The maximum atomic E-state index is 13.6. The van der Waals surface area contributed by atoms with E-state index in [1.54, 1.807) is 12.1 Å². The van der Waals surface area contributed by atoms with Gasteiger partial charge in [-0.15, -0.1) is 22.9 Å². The molecule has 2 rings (SSSR count). The normalized spacial score (nSPS) is 12.8. The Morgan fingerprint density at radius 3 is 2.56 bits per heavy atom. The van der Waals surface area contributed by atoms with Crippen LogP contribution in [0.4, 0.5) is 4.39 Å². The summed E-state index contributed by atoms with van der Waals surface area (Å²) < 4.78 is 14.6. The molecule has 0 amide bonds. The Morgan fingerprint density at radius 1 is 1.25 bits per heavy atom. The van der Waals surface area contributed by atoms with E-state index >= 15 is 0 Å². The summed E-state index contributed by atoms with van der Waals surface area (Å²) in [4.78, 5) is 0.898. The fourth-order valence-electron chi connectivity index (χ4n) is 1.32. The Hall–Kier alpha value is -0.0900. The lowest BCUT2D eigenvalue weighted by molar-refractivity contribution is 0.613. The van der Waals surface area contributed by atoms with E-state index in [2.05, 4.69) is 15.9 Å². The van der Waals surface area contributed by atoms with Crippen LogP contribution in [-0.4, -0.2) is 0 Å². The largest absolute Gasteiger partial charge is 0.207 e. The minimum atomic E-state index is -0.478. The van der Waals surface area contributed by atoms with Gasteiger partial charge in [-0.2, -0.15) is 0 Å². The highest BCUT2D eigenvalue weighted by atomic mass is 79.9. The van der Waals surface area contributed by atoms with Gasteiger partial charge in [-0.05, 0) is 40.2 Å². The Morgan fingerprint density at radius 2 is 2.00 bits per heavy atom. The van der Waals surface area contributed by atoms with Crippen molar-refractivity contribution in [3.63, 3.8) is 0 Å². The van der Waals surface area contributed by atoms with Crippen molar-refractivity contribution >= 4 is 50.5 Å². The van der Waals surface area contributed by atoms with Crippen molar-refractivity contribution < 1.29 is 4.39 Å². The molecule has 1 aromatic heterocycles. The van der Waals surface area contributed by atoms with E-state index in [-0.39, 0.29) is 5.82 Å². The van der Waals surface area contributed by atoms with Crippen molar-refractivity contribution in [2.75, 3.05) is 0 Å². The zero-order valence-electron chi connectivity index (χ0n) is 7.88. The summed E-state index contributed by atoms with van der Waals surface area (Å²) in [5, 5.41) is -0.106. The predicted molar refractivity (Wildman–Crippen MR) is 71.1 cm³/mol. The first-order chi connectivity index (χ1) is 7.58. The number of hydrogen-bond acceptors (Lipinski definition) is 1. The third-order valence-electron chi connectivity index (χ3n) is 2.08. The van der Waals surface area contributed by atoms with E-state index in [1.807, 2.05) is 12.1 Å². The van der Waals surface area contributed by atoms with Gasteiger partial charge in [0, 0.05) is 15.5 Å². The van der Waals surface area contributed by atoms with Crippen LogP contribution in [0.15, 0.2) is 34.1 Å². The standard InChI is InChI=1S/C11H6BrCl2FS/c12-10-4-3-9(16-10)11(14)7-2-1-6(13)5-8(7)15/h1-5,11H. The molecule has 0 saturated carbocycles. The molecule has 0 N–H and O–H groups in total. The monoisotopic (exact) mass is 338 g/mol. The van der Waals surface area contributed by atoms with Gasteiger partial charge in [-0.25, -0.2) is 4.39 Å². The zero-order chi connectivity index (χ0) is 11.7. The first-order valence-electron chi connectivity index (χ1n) is 4.42. The molecule has 0 fully saturated rings. The number of benzene rings is 1. The molecule has 0 aliphatic carbocycles. The van der Waals surface area contributed by atoms with Crippen LogP contribution in [0, 0.1) is 5.82 Å². The van der Waals surface area contributed by atoms with Crippen molar-refractivity contribution in [2.45, 2.75) is 5.38 Å². The third-order valence-corrected chi connectivity index (χ3v) is 4.60. The topological polar surface area (TPSA) is 0 Å². The van der Waals surface area contributed by atoms with E-state index < -0.39 is 5.38 Å². The van der Waals surface area contributed by atoms with Gasteiger partial charge in [-0.1, -0.05) is 17.7 Å². The second-order valence-electron chi connectivity index (χ2n) is 3.17. The average molecular weight is 340 g/mol. The fourth-order valence-corrected chi connectivity index (χ4v) is 3.29. The van der Waals surface area contributed by atoms with Crippen LogP contribution in [0.25, 0.3) is 0 Å². The van der Waals surface area contributed by atoms with Crippen LogP contribution in [-0.2, 0) is 0 Å². The van der Waals surface area contributed by atoms with Gasteiger partial charge in [0.15, 0.2) is 0 Å². The van der Waals surface area contributed by atoms with Crippen LogP contribution < -0.4 is 0 Å². The zero-order valence-corrected chi connectivity index (χ0v) is 11.8. The van der Waals surface area contributed by atoms with Crippen LogP contribution >= 0.6 is 50.5 Å². The summed E-state index contributed by atoms with van der Waals surface area (Å²) in [6.07, 6.45) is 0. The molecular weight excluding hydrogens is 334 g/mol. The number of thiophene rings is 1. The summed E-state index contributed by atoms with van der Waals surface area (Å²) in [7, 11) is 0. The van der Waals surface area contributed by atoms with E-state index in [0.717, 1.165) is 8.66 Å². The molecule has 0 spiro atoms. The van der Waals surface area contributed by atoms with E-state index in [4.69, 9.17) is 23.2 Å². The van der Waals surface area contributed by atoms with Crippen LogP contribution in [0.3, 0.4) is 0 Å². The van der Waals surface area contributed by atoms with Gasteiger partial charge in [0.25, 0.3) is 0 Å². The molecule has 1 heterocycles. The minimum absolute atomic E-state index is 0.373. The van der Waals surface area contributed by atoms with Gasteiger partial charge in [-0.3, -0.25) is 0 Å². The average Bonchev–Trinajstić information content (AvgIpc) is 2.64. The summed E-state index contributed by atoms with van der Waals surface area (Å²) in [6, 6.07) is 8.29. The molecule has 1 aromatic carbocycles. The lowest BCUT2D eigenvalue weighted by Crippen LogP contribution is -1.94. The van der Waals surface area contributed by atoms with Crippen molar-refractivity contribution in [2.24, 2.45) is 0 Å². The SMILES string of the molecule is Fc1cc(Cl)ccc1C(Cl)c1ccc(Br)s1. The molecule has 0 saturated heterocycles. The minimum Gasteiger partial charge on any atom is -0.207 e. The van der Waals surface area contributed by atoms with Crippen molar-refractivity contribution in [3.05, 3.63) is 55.4 Å². The summed E-state index contributed by atoms with van der Waals surface area (Å²) in [5.41, 5.74) is 0.445. The van der Waals surface area contributed by atoms with Gasteiger partial charge < -0.3 is 0 Å². The van der Waals surface area contributed by atoms with E-state index in [0.29, 0.717) is 10.6 Å². The lowest BCUT2D eigenvalue weighted by atomic mass is 10.1. The number of halogens is 4. The molecule has 5 heteroatoms. The van der Waals surface area contributed by atoms with Crippen molar-refractivity contribution in [1.82, 2.24) is 0 Å². The number of alkyl halides is 1. The van der Waals surface area contributed by atoms with E-state index in [1.165, 1.54) is 17.4 Å². The Labute approximate surface area is 115 Å². The third kappa shape index (κ3) is 2.59. The summed E-state index contributed by atoms with van der Waals surface area (Å²) in [5.74, 6) is -0.378. The number of rotatable bonds is 2. The second kappa shape index (κ2) is 5.05. The second-order valence-corrected chi connectivity index (χ2v) is 6.54. The Kier molecular flexibility index (Phi) is 3.90. The smallest absolute Gasteiger partial charge is 0.129 e. The first-order valence-corrected chi connectivity index (χ1v) is 6.84. The highest BCUT2D eigenvalue weighted by Gasteiger charge is 2.17. The predicted octanol–water partition coefficient (Wildman–Crippen LogP) is 5.63. The van der Waals surface area contributed by atoms with Crippen LogP contribution in [0.5, 0.6) is 0 Å². The summed E-state index contributed by atoms with van der Waals surface area (Å²) in [6.45, 7) is 0. The fraction of sp³-hybridized carbons (Fsp3) is 0.0909. The Balaban J connectivity index is 2.37. The molecule has 2 aromatic rings.